The van der Waals surface area contributed by atoms with Crippen LogP contribution in [0.3, 0.4) is 0 Å². The molecule has 0 aromatic carbocycles. The summed E-state index contributed by atoms with van der Waals surface area (Å²) < 4.78 is 30.7. The molecule has 1 unspecified atom stereocenters. The average Bonchev–Trinajstić information content (AvgIpc) is 2.16. The number of hydrogen-bond donors (Lipinski definition) is 2. The van der Waals surface area contributed by atoms with Crippen LogP contribution in [0.4, 0.5) is 0 Å². The largest absolute Gasteiger partial charge is 0.392 e. The van der Waals surface area contributed by atoms with Gasteiger partial charge in [0.15, 0.2) is 0 Å². The van der Waals surface area contributed by atoms with Crippen molar-refractivity contribution in [3.05, 3.63) is 0 Å². The summed E-state index contributed by atoms with van der Waals surface area (Å²) in [5.41, 5.74) is 4.68. The normalized spacial score (nSPS) is 15.7. The van der Waals surface area contributed by atoms with Crippen molar-refractivity contribution in [2.75, 3.05) is 19.5 Å². The van der Waals surface area contributed by atoms with E-state index in [1.165, 1.54) is 7.11 Å². The average molecular weight is 268 g/mol. The summed E-state index contributed by atoms with van der Waals surface area (Å²) in [5, 5.41) is 0. The Kier molecular flexibility index (Phi) is 6.39. The molecule has 0 fully saturated rings. The standard InChI is InChI=1S/C9H20N2O3S2/c1-4-9(2,8(10)15)11-16(12,13)7-5-6-14-3/h11H,4-7H2,1-3H3,(H2,10,15). The van der Waals surface area contributed by atoms with Crippen molar-refractivity contribution in [1.29, 1.82) is 0 Å². The minimum absolute atomic E-state index is 0.0129. The molecule has 0 saturated carbocycles. The zero-order valence-corrected chi connectivity index (χ0v) is 11.6. The van der Waals surface area contributed by atoms with Crippen LogP contribution in [-0.2, 0) is 14.8 Å². The number of thiocarbonyl (C=S) groups is 1. The van der Waals surface area contributed by atoms with Crippen molar-refractivity contribution in [3.8, 4) is 0 Å². The van der Waals surface area contributed by atoms with E-state index in [0.717, 1.165) is 0 Å². The second-order valence-electron chi connectivity index (χ2n) is 3.82. The van der Waals surface area contributed by atoms with Crippen molar-refractivity contribution >= 4 is 27.2 Å². The van der Waals surface area contributed by atoms with Crippen molar-refractivity contribution in [2.24, 2.45) is 5.73 Å². The molecule has 0 aromatic heterocycles. The predicted molar refractivity (Wildman–Crippen MR) is 68.9 cm³/mol. The Morgan fingerprint density at radius 2 is 2.12 bits per heavy atom. The monoisotopic (exact) mass is 268 g/mol. The molecule has 0 amide bonds. The Hall–Kier alpha value is -0.240. The number of methoxy groups -OCH3 is 1. The SMILES string of the molecule is CCC(C)(NS(=O)(=O)CCCOC)C(N)=S. The molecule has 0 spiro atoms. The summed E-state index contributed by atoms with van der Waals surface area (Å²) >= 11 is 4.86. The molecule has 1 atom stereocenters. The first-order chi connectivity index (χ1) is 7.27. The first-order valence-electron chi connectivity index (χ1n) is 5.08. The molecule has 0 aliphatic heterocycles. The van der Waals surface area contributed by atoms with Crippen LogP contribution in [0.15, 0.2) is 0 Å². The van der Waals surface area contributed by atoms with Crippen LogP contribution in [0.1, 0.15) is 26.7 Å². The first-order valence-corrected chi connectivity index (χ1v) is 7.14. The molecule has 0 radical (unpaired) electrons. The maximum Gasteiger partial charge on any atom is 0.212 e. The van der Waals surface area contributed by atoms with Crippen LogP contribution < -0.4 is 10.5 Å². The second kappa shape index (κ2) is 6.48. The van der Waals surface area contributed by atoms with E-state index in [4.69, 9.17) is 22.7 Å². The van der Waals surface area contributed by atoms with Crippen LogP contribution in [0.25, 0.3) is 0 Å². The van der Waals surface area contributed by atoms with E-state index in [1.54, 1.807) is 6.92 Å². The van der Waals surface area contributed by atoms with Crippen LogP contribution in [0, 0.1) is 0 Å². The molecule has 0 heterocycles. The molecule has 0 bridgehead atoms. The Morgan fingerprint density at radius 3 is 2.50 bits per heavy atom. The van der Waals surface area contributed by atoms with Gasteiger partial charge in [-0.2, -0.15) is 0 Å². The van der Waals surface area contributed by atoms with Gasteiger partial charge in [-0.05, 0) is 19.8 Å². The van der Waals surface area contributed by atoms with Crippen LogP contribution in [0.5, 0.6) is 0 Å². The van der Waals surface area contributed by atoms with Gasteiger partial charge in [0.1, 0.15) is 0 Å². The van der Waals surface area contributed by atoms with E-state index < -0.39 is 15.6 Å². The van der Waals surface area contributed by atoms with Gasteiger partial charge in [0.05, 0.1) is 16.3 Å². The Bertz CT molecular complexity index is 330. The Balaban J connectivity index is 4.50. The molecular weight excluding hydrogens is 248 g/mol. The van der Waals surface area contributed by atoms with E-state index in [1.807, 2.05) is 6.92 Å². The molecular formula is C9H20N2O3S2. The van der Waals surface area contributed by atoms with Gasteiger partial charge in [-0.25, -0.2) is 13.1 Å². The highest BCUT2D eigenvalue weighted by Crippen LogP contribution is 2.11. The number of nitrogens with two attached hydrogens (primary N) is 1. The third-order valence-electron chi connectivity index (χ3n) is 2.39. The fourth-order valence-electron chi connectivity index (χ4n) is 1.08. The van der Waals surface area contributed by atoms with Gasteiger partial charge in [0.25, 0.3) is 0 Å². The zero-order chi connectivity index (χ0) is 12.8. The van der Waals surface area contributed by atoms with Gasteiger partial charge in [0, 0.05) is 13.7 Å². The maximum atomic E-state index is 11.7. The summed E-state index contributed by atoms with van der Waals surface area (Å²) in [4.78, 5) is 0.158. The van der Waals surface area contributed by atoms with Crippen LogP contribution in [-0.4, -0.2) is 38.4 Å². The first kappa shape index (κ1) is 15.8. The van der Waals surface area contributed by atoms with E-state index in [2.05, 4.69) is 4.72 Å². The second-order valence-corrected chi connectivity index (χ2v) is 6.10. The Morgan fingerprint density at radius 1 is 1.56 bits per heavy atom. The molecule has 96 valence electrons. The number of ether oxygens (including phenoxy) is 1. The summed E-state index contributed by atoms with van der Waals surface area (Å²) in [6, 6.07) is 0. The molecule has 5 nitrogen and oxygen atoms in total. The number of nitrogens with one attached hydrogen (secondary N) is 1. The molecule has 0 rings (SSSR count). The fraction of sp³-hybridized carbons (Fsp3) is 0.889. The van der Waals surface area contributed by atoms with Gasteiger partial charge in [-0.15, -0.1) is 0 Å². The maximum absolute atomic E-state index is 11.7. The highest BCUT2D eigenvalue weighted by atomic mass is 32.2. The lowest BCUT2D eigenvalue weighted by Gasteiger charge is -2.27. The molecule has 0 saturated heterocycles. The van der Waals surface area contributed by atoms with Gasteiger partial charge in [-0.1, -0.05) is 19.1 Å². The van der Waals surface area contributed by atoms with E-state index >= 15 is 0 Å². The number of sulfonamides is 1. The lowest BCUT2D eigenvalue weighted by Crippen LogP contribution is -2.54. The molecule has 16 heavy (non-hydrogen) atoms. The number of rotatable bonds is 8. The topological polar surface area (TPSA) is 81.4 Å². The van der Waals surface area contributed by atoms with Crippen molar-refractivity contribution in [1.82, 2.24) is 4.72 Å². The van der Waals surface area contributed by atoms with Crippen LogP contribution in [0.2, 0.25) is 0 Å². The third-order valence-corrected chi connectivity index (χ3v) is 4.43. The summed E-state index contributed by atoms with van der Waals surface area (Å²) in [7, 11) is -1.83. The molecule has 0 aliphatic carbocycles. The van der Waals surface area contributed by atoms with Gasteiger partial charge >= 0.3 is 0 Å². The van der Waals surface area contributed by atoms with E-state index in [-0.39, 0.29) is 10.7 Å². The highest BCUT2D eigenvalue weighted by molar-refractivity contribution is 7.89. The molecule has 0 aromatic rings. The summed E-state index contributed by atoms with van der Waals surface area (Å²) in [6.07, 6.45) is 0.967. The smallest absolute Gasteiger partial charge is 0.212 e. The molecule has 7 heteroatoms. The minimum Gasteiger partial charge on any atom is -0.392 e. The highest BCUT2D eigenvalue weighted by Gasteiger charge is 2.30. The van der Waals surface area contributed by atoms with E-state index in [9.17, 15) is 8.42 Å². The van der Waals surface area contributed by atoms with E-state index in [0.29, 0.717) is 19.4 Å². The minimum atomic E-state index is -3.37. The van der Waals surface area contributed by atoms with Gasteiger partial charge in [-0.3, -0.25) is 0 Å². The van der Waals surface area contributed by atoms with Gasteiger partial charge in [0.2, 0.25) is 10.0 Å². The summed E-state index contributed by atoms with van der Waals surface area (Å²) in [6.45, 7) is 3.93. The fourth-order valence-corrected chi connectivity index (χ4v) is 2.88. The third kappa shape index (κ3) is 5.20. The van der Waals surface area contributed by atoms with Crippen LogP contribution >= 0.6 is 12.2 Å². The van der Waals surface area contributed by atoms with Gasteiger partial charge < -0.3 is 10.5 Å². The Labute approximate surface area is 103 Å². The quantitative estimate of drug-likeness (QED) is 0.492. The lowest BCUT2D eigenvalue weighted by atomic mass is 10.0. The molecule has 3 N–H and O–H groups in total. The van der Waals surface area contributed by atoms with Crippen molar-refractivity contribution in [2.45, 2.75) is 32.2 Å². The molecule has 0 aliphatic rings. The predicted octanol–water partition coefficient (Wildman–Crippen LogP) is 0.397. The van der Waals surface area contributed by atoms with Crippen molar-refractivity contribution < 1.29 is 13.2 Å². The summed E-state index contributed by atoms with van der Waals surface area (Å²) in [5.74, 6) is 0.0129. The number of hydrogen-bond acceptors (Lipinski definition) is 4. The lowest BCUT2D eigenvalue weighted by molar-refractivity contribution is 0.199. The zero-order valence-electron chi connectivity index (χ0n) is 9.95. The van der Waals surface area contributed by atoms with Crippen molar-refractivity contribution in [3.63, 3.8) is 0 Å².